The summed E-state index contributed by atoms with van der Waals surface area (Å²) in [6.45, 7) is 0. The molecule has 0 spiro atoms. The van der Waals surface area contributed by atoms with Gasteiger partial charge in [-0.15, -0.1) is 11.3 Å². The first-order chi connectivity index (χ1) is 7.06. The van der Waals surface area contributed by atoms with Gasteiger partial charge in [0.1, 0.15) is 5.41 Å². The fraction of sp³-hybridized carbons (Fsp3) is 0.545. The lowest BCUT2D eigenvalue weighted by Crippen LogP contribution is -2.41. The van der Waals surface area contributed by atoms with Crippen LogP contribution in [0.2, 0.25) is 0 Å². The van der Waals surface area contributed by atoms with Crippen molar-refractivity contribution in [3.8, 4) is 0 Å². The molecule has 4 heteroatoms. The van der Waals surface area contributed by atoms with Crippen molar-refractivity contribution in [1.29, 1.82) is 0 Å². The highest BCUT2D eigenvalue weighted by Crippen LogP contribution is 2.47. The second kappa shape index (κ2) is 3.52. The zero-order chi connectivity index (χ0) is 11.1. The van der Waals surface area contributed by atoms with Crippen molar-refractivity contribution in [2.45, 2.75) is 24.7 Å². The second-order valence-corrected chi connectivity index (χ2v) is 5.34. The number of carboxylic acids is 1. The van der Waals surface area contributed by atoms with E-state index in [2.05, 4.69) is 0 Å². The predicted molar refractivity (Wildman–Crippen MR) is 61.8 cm³/mol. The first kappa shape index (κ1) is 10.5. The molecular weight excluding hydrogens is 210 g/mol. The summed E-state index contributed by atoms with van der Waals surface area (Å²) in [4.78, 5) is 14.3. The third-order valence-electron chi connectivity index (χ3n) is 3.12. The van der Waals surface area contributed by atoms with Crippen LogP contribution < -0.4 is 4.90 Å². The molecule has 1 aromatic heterocycles. The molecule has 1 fully saturated rings. The molecule has 0 atom stereocenters. The number of aliphatic carboxylic acids is 1. The lowest BCUT2D eigenvalue weighted by Gasteiger charge is -2.36. The van der Waals surface area contributed by atoms with E-state index in [1.54, 1.807) is 11.3 Å². The monoisotopic (exact) mass is 225 g/mol. The molecule has 1 saturated carbocycles. The SMILES string of the molecule is CN(C)c1ccc(C2(C(=O)O)CCC2)s1. The van der Waals surface area contributed by atoms with Crippen molar-refractivity contribution in [3.63, 3.8) is 0 Å². The molecule has 1 heterocycles. The molecule has 0 bridgehead atoms. The van der Waals surface area contributed by atoms with Crippen LogP contribution in [0.1, 0.15) is 24.1 Å². The smallest absolute Gasteiger partial charge is 0.314 e. The van der Waals surface area contributed by atoms with E-state index in [1.165, 1.54) is 0 Å². The van der Waals surface area contributed by atoms with Crippen molar-refractivity contribution in [1.82, 2.24) is 0 Å². The van der Waals surface area contributed by atoms with Crippen LogP contribution in [-0.2, 0) is 10.2 Å². The molecule has 0 unspecified atom stereocenters. The Morgan fingerprint density at radius 1 is 1.47 bits per heavy atom. The van der Waals surface area contributed by atoms with Crippen LogP contribution in [0.4, 0.5) is 5.00 Å². The number of thiophene rings is 1. The van der Waals surface area contributed by atoms with E-state index >= 15 is 0 Å². The van der Waals surface area contributed by atoms with Gasteiger partial charge in [-0.1, -0.05) is 6.42 Å². The van der Waals surface area contributed by atoms with Gasteiger partial charge in [0.15, 0.2) is 0 Å². The highest BCUT2D eigenvalue weighted by atomic mass is 32.1. The second-order valence-electron chi connectivity index (χ2n) is 4.27. The Morgan fingerprint density at radius 2 is 2.13 bits per heavy atom. The van der Waals surface area contributed by atoms with E-state index < -0.39 is 11.4 Å². The number of nitrogens with zero attached hydrogens (tertiary/aromatic N) is 1. The first-order valence-corrected chi connectivity index (χ1v) is 5.89. The third-order valence-corrected chi connectivity index (χ3v) is 4.58. The molecule has 0 aliphatic heterocycles. The van der Waals surface area contributed by atoms with Crippen LogP contribution in [0.3, 0.4) is 0 Å². The number of hydrogen-bond donors (Lipinski definition) is 1. The molecule has 3 nitrogen and oxygen atoms in total. The van der Waals surface area contributed by atoms with Crippen LogP contribution >= 0.6 is 11.3 Å². The Hall–Kier alpha value is -1.03. The van der Waals surface area contributed by atoms with Gasteiger partial charge in [-0.05, 0) is 25.0 Å². The maximum atomic E-state index is 11.3. The Labute approximate surface area is 93.3 Å². The van der Waals surface area contributed by atoms with Crippen molar-refractivity contribution in [2.24, 2.45) is 0 Å². The Bertz CT molecular complexity index is 380. The summed E-state index contributed by atoms with van der Waals surface area (Å²) in [5.74, 6) is -0.666. The average Bonchev–Trinajstić information content (AvgIpc) is 2.50. The van der Waals surface area contributed by atoms with Gasteiger partial charge in [-0.3, -0.25) is 4.79 Å². The highest BCUT2D eigenvalue weighted by Gasteiger charge is 2.47. The normalized spacial score (nSPS) is 18.3. The number of hydrogen-bond acceptors (Lipinski definition) is 3. The van der Waals surface area contributed by atoms with E-state index in [1.807, 2.05) is 31.1 Å². The van der Waals surface area contributed by atoms with Gasteiger partial charge >= 0.3 is 5.97 Å². The van der Waals surface area contributed by atoms with Gasteiger partial charge in [0.25, 0.3) is 0 Å². The van der Waals surface area contributed by atoms with E-state index in [4.69, 9.17) is 0 Å². The van der Waals surface area contributed by atoms with Crippen LogP contribution in [-0.4, -0.2) is 25.2 Å². The van der Waals surface area contributed by atoms with Gasteiger partial charge in [0, 0.05) is 19.0 Å². The van der Waals surface area contributed by atoms with E-state index in [-0.39, 0.29) is 0 Å². The lowest BCUT2D eigenvalue weighted by molar-refractivity contribution is -0.147. The molecule has 82 valence electrons. The average molecular weight is 225 g/mol. The molecule has 15 heavy (non-hydrogen) atoms. The Morgan fingerprint density at radius 3 is 2.47 bits per heavy atom. The molecule has 1 aromatic rings. The van der Waals surface area contributed by atoms with E-state index in [0.717, 1.165) is 29.1 Å². The molecule has 0 aromatic carbocycles. The quantitative estimate of drug-likeness (QED) is 0.858. The zero-order valence-corrected chi connectivity index (χ0v) is 9.80. The molecular formula is C11H15NO2S. The maximum Gasteiger partial charge on any atom is 0.314 e. The summed E-state index contributed by atoms with van der Waals surface area (Å²) >= 11 is 1.60. The minimum Gasteiger partial charge on any atom is -0.481 e. The number of rotatable bonds is 3. The van der Waals surface area contributed by atoms with Gasteiger partial charge in [0.05, 0.1) is 5.00 Å². The number of carbonyl (C=O) groups is 1. The first-order valence-electron chi connectivity index (χ1n) is 5.07. The summed E-state index contributed by atoms with van der Waals surface area (Å²) in [6.07, 6.45) is 2.60. The lowest BCUT2D eigenvalue weighted by atomic mass is 9.68. The summed E-state index contributed by atoms with van der Waals surface area (Å²) < 4.78 is 0. The zero-order valence-electron chi connectivity index (χ0n) is 8.99. The van der Waals surface area contributed by atoms with Gasteiger partial charge in [-0.25, -0.2) is 0 Å². The largest absolute Gasteiger partial charge is 0.481 e. The maximum absolute atomic E-state index is 11.3. The molecule has 1 N–H and O–H groups in total. The highest BCUT2D eigenvalue weighted by molar-refractivity contribution is 7.16. The van der Waals surface area contributed by atoms with Crippen molar-refractivity contribution in [3.05, 3.63) is 17.0 Å². The molecule has 0 saturated heterocycles. The molecule has 1 aliphatic carbocycles. The Balaban J connectivity index is 2.32. The topological polar surface area (TPSA) is 40.5 Å². The third kappa shape index (κ3) is 1.53. The van der Waals surface area contributed by atoms with Crippen LogP contribution in [0.5, 0.6) is 0 Å². The summed E-state index contributed by atoms with van der Waals surface area (Å²) in [5.41, 5.74) is -0.571. The molecule has 1 aliphatic rings. The Kier molecular flexibility index (Phi) is 2.46. The van der Waals surface area contributed by atoms with Gasteiger partial charge in [-0.2, -0.15) is 0 Å². The van der Waals surface area contributed by atoms with Crippen molar-refractivity contribution < 1.29 is 9.90 Å². The summed E-state index contributed by atoms with van der Waals surface area (Å²) in [6, 6.07) is 3.97. The number of anilines is 1. The van der Waals surface area contributed by atoms with Gasteiger partial charge in [0.2, 0.25) is 0 Å². The van der Waals surface area contributed by atoms with E-state index in [9.17, 15) is 9.90 Å². The van der Waals surface area contributed by atoms with E-state index in [0.29, 0.717) is 0 Å². The van der Waals surface area contributed by atoms with Gasteiger partial charge < -0.3 is 10.0 Å². The summed E-state index contributed by atoms with van der Waals surface area (Å²) in [5, 5.41) is 10.4. The summed E-state index contributed by atoms with van der Waals surface area (Å²) in [7, 11) is 3.95. The predicted octanol–water partition coefficient (Wildman–Crippen LogP) is 2.32. The molecule has 0 radical (unpaired) electrons. The van der Waals surface area contributed by atoms with Crippen molar-refractivity contribution in [2.75, 3.05) is 19.0 Å². The number of carboxylic acid groups (broad SMARTS) is 1. The minimum atomic E-state index is -0.666. The molecule has 0 amide bonds. The van der Waals surface area contributed by atoms with Crippen LogP contribution in [0.25, 0.3) is 0 Å². The standard InChI is InChI=1S/C11H15NO2S/c1-12(2)9-5-4-8(15-9)11(10(13)14)6-3-7-11/h4-5H,3,6-7H2,1-2H3,(H,13,14). The van der Waals surface area contributed by atoms with Crippen molar-refractivity contribution >= 4 is 22.3 Å². The van der Waals surface area contributed by atoms with Crippen LogP contribution in [0.15, 0.2) is 12.1 Å². The van der Waals surface area contributed by atoms with Crippen LogP contribution in [0, 0.1) is 0 Å². The fourth-order valence-electron chi connectivity index (χ4n) is 1.92. The fourth-order valence-corrected chi connectivity index (χ4v) is 3.09. The molecule has 2 rings (SSSR count). The minimum absolute atomic E-state index is 0.571.